The van der Waals surface area contributed by atoms with Crippen LogP contribution in [0.25, 0.3) is 0 Å². The summed E-state index contributed by atoms with van der Waals surface area (Å²) in [5.74, 6) is -4.20. The van der Waals surface area contributed by atoms with Crippen molar-refractivity contribution in [3.8, 4) is 11.5 Å². The van der Waals surface area contributed by atoms with Crippen LogP contribution in [0.15, 0.2) is 72.8 Å². The largest absolute Gasteiger partial charge is 1.00 e. The molecule has 30 heteroatoms. The number of hydrogen-bond donors (Lipinski definition) is 4. The number of anilines is 2. The van der Waals surface area contributed by atoms with E-state index in [1.807, 2.05) is 0 Å². The summed E-state index contributed by atoms with van der Waals surface area (Å²) in [4.78, 5) is 63.9. The maximum Gasteiger partial charge on any atom is 1.00 e. The summed E-state index contributed by atoms with van der Waals surface area (Å²) in [7, 11) is -10.8. The van der Waals surface area contributed by atoms with Gasteiger partial charge in [-0.15, -0.1) is 0 Å². The molecule has 4 aromatic rings. The third kappa shape index (κ3) is 17.3. The molecule has 2 atom stereocenters. The molecule has 0 aliphatic carbocycles. The normalized spacial score (nSPS) is 13.8. The predicted molar refractivity (Wildman–Crippen MR) is 173 cm³/mol. The fraction of sp³-hybridized carbons (Fsp3) is 0.133. The van der Waals surface area contributed by atoms with Crippen LogP contribution < -0.4 is 88.6 Å². The van der Waals surface area contributed by atoms with Crippen LogP contribution in [0.1, 0.15) is 43.0 Å². The van der Waals surface area contributed by atoms with Crippen molar-refractivity contribution in [2.45, 2.75) is 24.7 Å². The van der Waals surface area contributed by atoms with E-state index in [9.17, 15) is 81.2 Å². The standard InChI is InChI=1S/2C15H9ClF6NO5P.2Na/c2*16-9-1-2-12(28-29(25,26)27)11(6-9)13(24)23-10-4-7(14(17,18)19)3-8(5-10)15(20,21)22;;/h2*1-6H,(H,23,24)(H2,25,26,27);;/q;;2*+1/p-2. The van der Waals surface area contributed by atoms with Gasteiger partial charge in [-0.2, -0.15) is 52.7 Å². The Bertz CT molecular complexity index is 2080. The van der Waals surface area contributed by atoms with Gasteiger partial charge >= 0.3 is 99.5 Å². The molecule has 4 rings (SSSR count). The Morgan fingerprint density at radius 1 is 0.517 bits per heavy atom. The second kappa shape index (κ2) is 20.8. The van der Waals surface area contributed by atoms with Gasteiger partial charge in [0.05, 0.1) is 33.4 Å². The molecule has 2 amide bonds. The molecule has 0 bridgehead atoms. The van der Waals surface area contributed by atoms with Crippen LogP contribution in [0.4, 0.5) is 64.1 Å². The van der Waals surface area contributed by atoms with Crippen molar-refractivity contribution in [1.82, 2.24) is 0 Å². The van der Waals surface area contributed by atoms with Gasteiger partial charge in [0.2, 0.25) is 0 Å². The van der Waals surface area contributed by atoms with E-state index in [0.29, 0.717) is 0 Å². The number of nitrogens with one attached hydrogen (secondary N) is 2. The zero-order chi connectivity index (χ0) is 44.4. The molecule has 0 saturated heterocycles. The van der Waals surface area contributed by atoms with Gasteiger partial charge in [-0.3, -0.25) is 18.7 Å². The molecular weight excluding hydrogens is 955 g/mol. The molecule has 0 spiro atoms. The van der Waals surface area contributed by atoms with Gasteiger partial charge in [0.25, 0.3) is 11.8 Å². The van der Waals surface area contributed by atoms with E-state index < -0.39 is 108 Å². The van der Waals surface area contributed by atoms with Gasteiger partial charge < -0.3 is 39.3 Å². The summed E-state index contributed by atoms with van der Waals surface area (Å²) < 4.78 is 185. The molecule has 0 aromatic heterocycles. The Kier molecular flexibility index (Phi) is 19.2. The molecular formula is C30H16Cl2F12N2Na2O10P2. The minimum absolute atomic E-state index is 0. The Balaban J connectivity index is 0.000000581. The van der Waals surface area contributed by atoms with Crippen molar-refractivity contribution < 1.29 is 159 Å². The molecule has 12 nitrogen and oxygen atoms in total. The summed E-state index contributed by atoms with van der Waals surface area (Å²) in [5.41, 5.74) is -9.81. The number of halogens is 14. The number of rotatable bonds is 8. The van der Waals surface area contributed by atoms with Crippen molar-refractivity contribution in [2.24, 2.45) is 0 Å². The third-order valence-corrected chi connectivity index (χ3v) is 7.82. The molecule has 2 unspecified atom stereocenters. The first kappa shape index (κ1) is 55.5. The number of carbonyl (C=O) groups is 2. The number of carbonyl (C=O) groups excluding carboxylic acids is 2. The average molecular weight is 971 g/mol. The van der Waals surface area contributed by atoms with Crippen molar-refractivity contribution in [2.75, 3.05) is 10.6 Å². The summed E-state index contributed by atoms with van der Waals surface area (Å²) in [6.07, 6.45) is -20.6. The van der Waals surface area contributed by atoms with Gasteiger partial charge in [0, 0.05) is 21.4 Å². The van der Waals surface area contributed by atoms with E-state index in [1.54, 1.807) is 10.6 Å². The first-order chi connectivity index (χ1) is 26.1. The average Bonchev–Trinajstić information content (AvgIpc) is 3.03. The van der Waals surface area contributed by atoms with Gasteiger partial charge in [-0.1, -0.05) is 23.2 Å². The first-order valence-electron chi connectivity index (χ1n) is 14.4. The molecule has 0 fully saturated rings. The monoisotopic (exact) mass is 970 g/mol. The number of amides is 2. The van der Waals surface area contributed by atoms with Crippen LogP contribution in [-0.2, 0) is 33.8 Å². The van der Waals surface area contributed by atoms with E-state index in [4.69, 9.17) is 33.0 Å². The van der Waals surface area contributed by atoms with E-state index >= 15 is 0 Å². The Morgan fingerprint density at radius 2 is 0.767 bits per heavy atom. The Hall–Kier alpha value is -2.54. The maximum atomic E-state index is 12.9. The number of hydrogen-bond acceptors (Lipinski definition) is 8. The molecule has 0 radical (unpaired) electrons. The topological polar surface area (TPSA) is 197 Å². The fourth-order valence-electron chi connectivity index (χ4n) is 4.22. The van der Waals surface area contributed by atoms with Crippen LogP contribution >= 0.6 is 38.8 Å². The van der Waals surface area contributed by atoms with Gasteiger partial charge in [0.1, 0.15) is 11.5 Å². The quantitative estimate of drug-likeness (QED) is 0.116. The second-order valence-electron chi connectivity index (χ2n) is 10.9. The number of phosphoric ester groups is 2. The minimum atomic E-state index is -5.38. The maximum absolute atomic E-state index is 12.9. The number of alkyl halides is 12. The molecule has 60 heavy (non-hydrogen) atoms. The summed E-state index contributed by atoms with van der Waals surface area (Å²) in [5, 5.41) is 3.30. The minimum Gasteiger partial charge on any atom is -0.746 e. The predicted octanol–water partition coefficient (Wildman–Crippen LogP) is 2.95. The molecule has 0 aliphatic rings. The number of benzene rings is 4. The van der Waals surface area contributed by atoms with Crippen LogP contribution in [0, 0.1) is 0 Å². The van der Waals surface area contributed by atoms with Gasteiger partial charge in [-0.05, 0) is 72.8 Å². The van der Waals surface area contributed by atoms with Crippen molar-refractivity contribution in [3.63, 3.8) is 0 Å². The van der Waals surface area contributed by atoms with E-state index in [1.165, 1.54) is 0 Å². The van der Waals surface area contributed by atoms with Crippen LogP contribution in [0.2, 0.25) is 10.0 Å². The van der Waals surface area contributed by atoms with Crippen molar-refractivity contribution >= 4 is 62.0 Å². The smallest absolute Gasteiger partial charge is 0.746 e. The summed E-state index contributed by atoms with van der Waals surface area (Å²) in [6.45, 7) is 0. The van der Waals surface area contributed by atoms with Crippen LogP contribution in [0.3, 0.4) is 0 Å². The molecule has 4 N–H and O–H groups in total. The van der Waals surface area contributed by atoms with Crippen LogP contribution in [-0.4, -0.2) is 21.6 Å². The van der Waals surface area contributed by atoms with Gasteiger partial charge in [0.15, 0.2) is 0 Å². The van der Waals surface area contributed by atoms with Gasteiger partial charge in [-0.25, -0.2) is 0 Å². The van der Waals surface area contributed by atoms with E-state index in [-0.39, 0.29) is 106 Å². The zero-order valence-electron chi connectivity index (χ0n) is 29.3. The number of phosphoric acid groups is 2. The zero-order valence-corrected chi connectivity index (χ0v) is 36.6. The van der Waals surface area contributed by atoms with E-state index in [2.05, 4.69) is 9.05 Å². The Morgan fingerprint density at radius 3 is 0.983 bits per heavy atom. The van der Waals surface area contributed by atoms with Crippen molar-refractivity contribution in [3.05, 3.63) is 116 Å². The SMILES string of the molecule is O=C(Nc1cc(C(F)(F)F)cc(C(F)(F)F)c1)c1cc(Cl)ccc1OP(=O)([O-])O.O=C(Nc1cc(C(F)(F)F)cc(C(F)(F)F)c1)c1cc(Cl)ccc1OP(=O)([O-])O.[Na+].[Na+]. The molecule has 0 heterocycles. The fourth-order valence-corrected chi connectivity index (χ4v) is 5.38. The summed E-state index contributed by atoms with van der Waals surface area (Å²) >= 11 is 11.3. The van der Waals surface area contributed by atoms with Crippen LogP contribution in [0.5, 0.6) is 11.5 Å². The molecule has 4 aromatic carbocycles. The summed E-state index contributed by atoms with van der Waals surface area (Å²) in [6, 6.07) is 6.24. The Labute approximate surface area is 381 Å². The molecule has 0 saturated carbocycles. The second-order valence-corrected chi connectivity index (χ2v) is 14.0. The first-order valence-corrected chi connectivity index (χ1v) is 18.1. The van der Waals surface area contributed by atoms with Crippen molar-refractivity contribution in [1.29, 1.82) is 0 Å². The van der Waals surface area contributed by atoms with E-state index in [0.717, 1.165) is 36.4 Å². The third-order valence-electron chi connectivity index (χ3n) is 6.49. The molecule has 316 valence electrons. The molecule has 0 aliphatic heterocycles.